The first-order chi connectivity index (χ1) is 17.0. The Bertz CT molecular complexity index is 1360. The van der Waals surface area contributed by atoms with E-state index in [0.29, 0.717) is 51.2 Å². The zero-order valence-electron chi connectivity index (χ0n) is 19.3. The van der Waals surface area contributed by atoms with E-state index in [0.717, 1.165) is 11.8 Å². The van der Waals surface area contributed by atoms with Gasteiger partial charge in [0.25, 0.3) is 5.91 Å². The van der Waals surface area contributed by atoms with E-state index < -0.39 is 16.0 Å². The van der Waals surface area contributed by atoms with Crippen molar-refractivity contribution in [1.29, 1.82) is 0 Å². The maximum Gasteiger partial charge on any atom is 0.307 e. The van der Waals surface area contributed by atoms with E-state index in [9.17, 15) is 18.0 Å². The number of ether oxygens (including phenoxy) is 1. The van der Waals surface area contributed by atoms with Gasteiger partial charge < -0.3 is 15.2 Å². The van der Waals surface area contributed by atoms with Crippen LogP contribution in [0.3, 0.4) is 0 Å². The summed E-state index contributed by atoms with van der Waals surface area (Å²) in [6.07, 6.45) is 1.41. The van der Waals surface area contributed by atoms with E-state index in [4.69, 9.17) is 33.0 Å². The van der Waals surface area contributed by atoms with Crippen LogP contribution in [0.1, 0.15) is 27.0 Å². The summed E-state index contributed by atoms with van der Waals surface area (Å²) >= 11 is 11.9. The molecule has 0 spiro atoms. The summed E-state index contributed by atoms with van der Waals surface area (Å²) in [5.41, 5.74) is 2.37. The molecule has 3 aromatic rings. The highest BCUT2D eigenvalue weighted by Gasteiger charge is 2.12. The normalized spacial score (nSPS) is 11.2. The van der Waals surface area contributed by atoms with Crippen LogP contribution in [0.25, 0.3) is 0 Å². The first kappa shape index (κ1) is 27.5. The fourth-order valence-corrected chi connectivity index (χ4v) is 4.02. The second-order valence-electron chi connectivity index (χ2n) is 7.99. The Morgan fingerprint density at radius 1 is 0.944 bits per heavy atom. The summed E-state index contributed by atoms with van der Waals surface area (Å²) in [5, 5.41) is 12.8. The van der Waals surface area contributed by atoms with Crippen LogP contribution >= 0.6 is 23.2 Å². The molecule has 0 unspecified atom stereocenters. The number of aliphatic carboxylic acids is 1. The van der Waals surface area contributed by atoms with Gasteiger partial charge in [-0.3, -0.25) is 9.59 Å². The number of carboxylic acid groups (broad SMARTS) is 1. The average molecular weight is 551 g/mol. The van der Waals surface area contributed by atoms with Crippen LogP contribution in [0.4, 0.5) is 0 Å². The largest absolute Gasteiger partial charge is 0.481 e. The standard InChI is InChI=1S/C25H24Cl2N2O6S/c1-36(33,34)29-15-19-12-17(14-24(30)31)3-9-23(19)35-20-6-4-18(5-7-20)25(32)28-11-10-16-2-8-21(26)22(27)13-16/h2-9,12-13,29H,10-11,14-15H2,1H3,(H,28,32)(H,30,31). The Morgan fingerprint density at radius 3 is 2.28 bits per heavy atom. The molecule has 0 aliphatic heterocycles. The molecule has 0 saturated carbocycles. The van der Waals surface area contributed by atoms with Crippen LogP contribution in [0.15, 0.2) is 60.7 Å². The summed E-state index contributed by atoms with van der Waals surface area (Å²) < 4.78 is 31.3. The number of halogens is 2. The van der Waals surface area contributed by atoms with Gasteiger partial charge in [0.1, 0.15) is 11.5 Å². The number of nitrogens with one attached hydrogen (secondary N) is 2. The van der Waals surface area contributed by atoms with E-state index in [1.807, 2.05) is 6.07 Å². The Balaban J connectivity index is 1.64. The molecule has 1 amide bonds. The molecule has 0 bridgehead atoms. The van der Waals surface area contributed by atoms with Crippen LogP contribution in [0.2, 0.25) is 10.0 Å². The summed E-state index contributed by atoms with van der Waals surface area (Å²) in [6.45, 7) is 0.343. The maximum atomic E-state index is 12.5. The number of amides is 1. The third-order valence-electron chi connectivity index (χ3n) is 5.03. The lowest BCUT2D eigenvalue weighted by Gasteiger charge is -2.13. The Hall–Kier alpha value is -3.11. The van der Waals surface area contributed by atoms with Crippen molar-refractivity contribution in [3.05, 3.63) is 93.0 Å². The molecule has 0 radical (unpaired) electrons. The molecule has 0 aliphatic rings. The summed E-state index contributed by atoms with van der Waals surface area (Å²) in [7, 11) is -3.47. The van der Waals surface area contributed by atoms with Crippen molar-refractivity contribution in [2.24, 2.45) is 0 Å². The molecule has 0 aromatic heterocycles. The molecule has 0 saturated heterocycles. The zero-order valence-corrected chi connectivity index (χ0v) is 21.6. The van der Waals surface area contributed by atoms with Crippen LogP contribution in [0.5, 0.6) is 11.5 Å². The third-order valence-corrected chi connectivity index (χ3v) is 6.44. The number of carboxylic acids is 1. The number of hydrogen-bond acceptors (Lipinski definition) is 5. The van der Waals surface area contributed by atoms with Crippen LogP contribution in [-0.4, -0.2) is 38.2 Å². The summed E-state index contributed by atoms with van der Waals surface area (Å²) in [6, 6.07) is 16.5. The predicted octanol–water partition coefficient (Wildman–Crippen LogP) is 4.43. The molecule has 11 heteroatoms. The van der Waals surface area contributed by atoms with Crippen molar-refractivity contribution in [3.8, 4) is 11.5 Å². The van der Waals surface area contributed by atoms with E-state index in [1.165, 1.54) is 0 Å². The number of sulfonamides is 1. The summed E-state index contributed by atoms with van der Waals surface area (Å²) in [4.78, 5) is 23.5. The van der Waals surface area contributed by atoms with Gasteiger partial charge in [-0.1, -0.05) is 41.4 Å². The monoisotopic (exact) mass is 550 g/mol. The molecule has 0 atom stereocenters. The molecular formula is C25H24Cl2N2O6S. The number of hydrogen-bond donors (Lipinski definition) is 3. The minimum atomic E-state index is -3.47. The van der Waals surface area contributed by atoms with Crippen molar-refractivity contribution < 1.29 is 27.9 Å². The smallest absolute Gasteiger partial charge is 0.307 e. The predicted molar refractivity (Wildman–Crippen MR) is 138 cm³/mol. The van der Waals surface area contributed by atoms with Gasteiger partial charge in [-0.05, 0) is 60.0 Å². The Kier molecular flexibility index (Phi) is 9.33. The minimum absolute atomic E-state index is 0.0685. The molecule has 3 rings (SSSR count). The van der Waals surface area contributed by atoms with E-state index in [1.54, 1.807) is 54.6 Å². The van der Waals surface area contributed by atoms with Crippen LogP contribution < -0.4 is 14.8 Å². The maximum absolute atomic E-state index is 12.5. The van der Waals surface area contributed by atoms with Crippen molar-refractivity contribution in [2.75, 3.05) is 12.8 Å². The third kappa shape index (κ3) is 8.53. The molecular weight excluding hydrogens is 527 g/mol. The van der Waals surface area contributed by atoms with E-state index >= 15 is 0 Å². The number of rotatable bonds is 11. The van der Waals surface area contributed by atoms with Crippen molar-refractivity contribution in [2.45, 2.75) is 19.4 Å². The quantitative estimate of drug-likeness (QED) is 0.324. The Morgan fingerprint density at radius 2 is 1.64 bits per heavy atom. The number of carbonyl (C=O) groups excluding carboxylic acids is 1. The number of benzene rings is 3. The highest BCUT2D eigenvalue weighted by molar-refractivity contribution is 7.88. The lowest BCUT2D eigenvalue weighted by molar-refractivity contribution is -0.136. The fourth-order valence-electron chi connectivity index (χ4n) is 3.28. The Labute approximate surface area is 219 Å². The van der Waals surface area contributed by atoms with Gasteiger partial charge in [0, 0.05) is 24.2 Å². The first-order valence-corrected chi connectivity index (χ1v) is 13.4. The second-order valence-corrected chi connectivity index (χ2v) is 10.6. The molecule has 8 nitrogen and oxygen atoms in total. The lowest BCUT2D eigenvalue weighted by atomic mass is 10.1. The zero-order chi connectivity index (χ0) is 26.3. The van der Waals surface area contributed by atoms with Crippen molar-refractivity contribution >= 4 is 45.1 Å². The molecule has 190 valence electrons. The van der Waals surface area contributed by atoms with Crippen molar-refractivity contribution in [1.82, 2.24) is 10.0 Å². The molecule has 3 N–H and O–H groups in total. The molecule has 0 aliphatic carbocycles. The van der Waals surface area contributed by atoms with Gasteiger partial charge in [0.05, 0.1) is 22.7 Å². The topological polar surface area (TPSA) is 122 Å². The SMILES string of the molecule is CS(=O)(=O)NCc1cc(CC(=O)O)ccc1Oc1ccc(C(=O)NCCc2ccc(Cl)c(Cl)c2)cc1. The summed E-state index contributed by atoms with van der Waals surface area (Å²) in [5.74, 6) is -0.470. The van der Waals surface area contributed by atoms with Crippen LogP contribution in [-0.2, 0) is 34.2 Å². The highest BCUT2D eigenvalue weighted by atomic mass is 35.5. The molecule has 0 heterocycles. The lowest BCUT2D eigenvalue weighted by Crippen LogP contribution is -2.25. The second kappa shape index (κ2) is 12.2. The molecule has 0 fully saturated rings. The van der Waals surface area contributed by atoms with Gasteiger partial charge in [-0.15, -0.1) is 0 Å². The number of carbonyl (C=O) groups is 2. The first-order valence-electron chi connectivity index (χ1n) is 10.8. The van der Waals surface area contributed by atoms with Crippen molar-refractivity contribution in [3.63, 3.8) is 0 Å². The highest BCUT2D eigenvalue weighted by Crippen LogP contribution is 2.27. The van der Waals surface area contributed by atoms with Crippen LogP contribution in [0, 0.1) is 0 Å². The minimum Gasteiger partial charge on any atom is -0.481 e. The van der Waals surface area contributed by atoms with Gasteiger partial charge in [0.15, 0.2) is 0 Å². The van der Waals surface area contributed by atoms with E-state index in [2.05, 4.69) is 10.0 Å². The van der Waals surface area contributed by atoms with Gasteiger partial charge in [-0.2, -0.15) is 0 Å². The molecule has 3 aromatic carbocycles. The van der Waals surface area contributed by atoms with Gasteiger partial charge >= 0.3 is 5.97 Å². The van der Waals surface area contributed by atoms with Gasteiger partial charge in [-0.25, -0.2) is 13.1 Å². The van der Waals surface area contributed by atoms with Gasteiger partial charge in [0.2, 0.25) is 10.0 Å². The average Bonchev–Trinajstić information content (AvgIpc) is 2.81. The molecule has 36 heavy (non-hydrogen) atoms. The van der Waals surface area contributed by atoms with E-state index in [-0.39, 0.29) is 18.9 Å². The fraction of sp³-hybridized carbons (Fsp3) is 0.200.